The minimum absolute atomic E-state index is 0.323. The molecule has 0 radical (unpaired) electrons. The Morgan fingerprint density at radius 1 is 1.13 bits per heavy atom. The number of pyridine rings is 1. The van der Waals surface area contributed by atoms with Crippen molar-refractivity contribution < 1.29 is 43.2 Å². The molecule has 0 amide bonds. The SMILES string of the molecule is CC(=O)O[n+]1ccccc1.[O-][Cl+3]([O-])([O-])[O-]. The molecule has 0 aromatic carbocycles. The number of aromatic nitrogens is 1. The van der Waals surface area contributed by atoms with Gasteiger partial charge in [-0.25, -0.2) is 23.4 Å². The highest BCUT2D eigenvalue weighted by atomic mass is 35.7. The fourth-order valence-corrected chi connectivity index (χ4v) is 0.592. The summed E-state index contributed by atoms with van der Waals surface area (Å²) in [5.74, 6) is -0.323. The molecule has 0 spiro atoms. The van der Waals surface area contributed by atoms with Gasteiger partial charge in [-0.2, -0.15) is 4.84 Å². The molecule has 1 aromatic rings. The first-order chi connectivity index (χ1) is 6.79. The summed E-state index contributed by atoms with van der Waals surface area (Å²) in [4.78, 5) is 15.1. The van der Waals surface area contributed by atoms with E-state index in [1.807, 2.05) is 6.07 Å². The van der Waals surface area contributed by atoms with Crippen molar-refractivity contribution in [2.75, 3.05) is 0 Å². The minimum atomic E-state index is -4.94. The normalized spacial score (nSPS) is 9.93. The van der Waals surface area contributed by atoms with Crippen molar-refractivity contribution >= 4 is 5.97 Å². The Morgan fingerprint density at radius 3 is 1.87 bits per heavy atom. The van der Waals surface area contributed by atoms with Crippen molar-refractivity contribution in [2.45, 2.75) is 6.92 Å². The van der Waals surface area contributed by atoms with E-state index in [0.29, 0.717) is 0 Å². The van der Waals surface area contributed by atoms with Crippen LogP contribution in [0.25, 0.3) is 0 Å². The lowest BCUT2D eigenvalue weighted by Crippen LogP contribution is -2.68. The lowest BCUT2D eigenvalue weighted by Gasteiger charge is -2.17. The maximum atomic E-state index is 10.4. The highest BCUT2D eigenvalue weighted by molar-refractivity contribution is 5.65. The summed E-state index contributed by atoms with van der Waals surface area (Å²) in [6.45, 7) is 1.36. The van der Waals surface area contributed by atoms with Gasteiger partial charge in [-0.1, -0.05) is 6.07 Å². The van der Waals surface area contributed by atoms with Gasteiger partial charge in [0, 0.05) is 23.8 Å². The molecule has 0 saturated heterocycles. The van der Waals surface area contributed by atoms with E-state index in [4.69, 9.17) is 23.5 Å². The number of carbonyl (C=O) groups excluding carboxylic acids is 1. The Bertz CT molecular complexity index is 292. The number of nitrogens with zero attached hydrogens (tertiary/aromatic N) is 1. The standard InChI is InChI=1S/C7H8NO2.ClHO4/c1-7(9)10-8-5-3-2-4-6-8;2-1(3,4)5/h2-6H,1H3;(H,2,3,4,5)/q+1;/p-1. The number of carbonyl (C=O) groups is 1. The topological polar surface area (TPSA) is 122 Å². The third-order valence-corrected chi connectivity index (χ3v) is 0.922. The van der Waals surface area contributed by atoms with Crippen LogP contribution in [-0.2, 0) is 4.79 Å². The predicted octanol–water partition coefficient (Wildman–Crippen LogP) is -4.81. The number of hydrogen-bond acceptors (Lipinski definition) is 6. The summed E-state index contributed by atoms with van der Waals surface area (Å²) < 4.78 is 35.3. The van der Waals surface area contributed by atoms with E-state index in [1.165, 1.54) is 11.7 Å². The molecule has 0 aliphatic rings. The second-order valence-corrected chi connectivity index (χ2v) is 2.95. The first kappa shape index (κ1) is 13.8. The van der Waals surface area contributed by atoms with Gasteiger partial charge in [0.05, 0.1) is 0 Å². The van der Waals surface area contributed by atoms with Gasteiger partial charge in [-0.3, -0.25) is 0 Å². The molecule has 7 nitrogen and oxygen atoms in total. The predicted molar refractivity (Wildman–Crippen MR) is 33.9 cm³/mol. The van der Waals surface area contributed by atoms with Crippen LogP contribution in [0.4, 0.5) is 0 Å². The maximum absolute atomic E-state index is 10.4. The monoisotopic (exact) mass is 237 g/mol. The van der Waals surface area contributed by atoms with Crippen molar-refractivity contribution in [2.24, 2.45) is 0 Å². The quantitative estimate of drug-likeness (QED) is 0.452. The van der Waals surface area contributed by atoms with Crippen molar-refractivity contribution in [1.82, 2.24) is 0 Å². The minimum Gasteiger partial charge on any atom is -0.245 e. The highest BCUT2D eigenvalue weighted by Gasteiger charge is 2.00. The molecule has 0 N–H and O–H groups in total. The van der Waals surface area contributed by atoms with Gasteiger partial charge in [0.1, 0.15) is 0 Å². The fourth-order valence-electron chi connectivity index (χ4n) is 0.592. The third-order valence-electron chi connectivity index (χ3n) is 0.922. The molecular formula is C7H8ClNO6. The first-order valence-electron chi connectivity index (χ1n) is 3.56. The molecule has 0 bridgehead atoms. The van der Waals surface area contributed by atoms with Crippen LogP contribution in [0.2, 0.25) is 0 Å². The van der Waals surface area contributed by atoms with E-state index in [-0.39, 0.29) is 5.97 Å². The summed E-state index contributed by atoms with van der Waals surface area (Å²) in [6.07, 6.45) is 3.31. The van der Waals surface area contributed by atoms with Gasteiger partial charge in [0.25, 0.3) is 0 Å². The van der Waals surface area contributed by atoms with E-state index >= 15 is 0 Å². The highest BCUT2D eigenvalue weighted by Crippen LogP contribution is 1.74. The van der Waals surface area contributed by atoms with E-state index in [1.54, 1.807) is 24.5 Å². The second kappa shape index (κ2) is 6.27. The zero-order chi connectivity index (χ0) is 11.9. The number of hydrogen-bond donors (Lipinski definition) is 0. The van der Waals surface area contributed by atoms with Crippen LogP contribution in [0.3, 0.4) is 0 Å². The molecule has 0 aliphatic heterocycles. The molecule has 84 valence electrons. The molecule has 1 rings (SSSR count). The first-order valence-corrected chi connectivity index (χ1v) is 4.79. The lowest BCUT2D eigenvalue weighted by atomic mass is 10.5. The van der Waals surface area contributed by atoms with Crippen molar-refractivity contribution in [3.8, 4) is 0 Å². The van der Waals surface area contributed by atoms with Crippen molar-refractivity contribution in [3.63, 3.8) is 0 Å². The Hall–Kier alpha value is -1.25. The Morgan fingerprint density at radius 2 is 1.53 bits per heavy atom. The van der Waals surface area contributed by atoms with E-state index in [0.717, 1.165) is 0 Å². The average Bonchev–Trinajstić information content (AvgIpc) is 2.01. The zero-order valence-electron chi connectivity index (χ0n) is 7.66. The molecule has 1 heterocycles. The average molecular weight is 238 g/mol. The smallest absolute Gasteiger partial charge is 0.245 e. The molecule has 0 aliphatic carbocycles. The molecule has 0 unspecified atom stereocenters. The van der Waals surface area contributed by atoms with Gasteiger partial charge in [-0.15, -0.1) is 10.2 Å². The van der Waals surface area contributed by atoms with Gasteiger partial charge in [0.15, 0.2) is 0 Å². The fraction of sp³-hybridized carbons (Fsp3) is 0.143. The van der Waals surface area contributed by atoms with Gasteiger partial charge < -0.3 is 0 Å². The summed E-state index contributed by atoms with van der Waals surface area (Å²) in [5, 5.41) is 0. The van der Waals surface area contributed by atoms with Gasteiger partial charge in [-0.05, 0) is 0 Å². The summed E-state index contributed by atoms with van der Waals surface area (Å²) in [7, 11) is -4.94. The molecular weight excluding hydrogens is 230 g/mol. The molecule has 15 heavy (non-hydrogen) atoms. The van der Waals surface area contributed by atoms with Crippen LogP contribution < -0.4 is 28.2 Å². The van der Waals surface area contributed by atoms with E-state index < -0.39 is 10.2 Å². The Kier molecular flexibility index (Phi) is 5.75. The van der Waals surface area contributed by atoms with Gasteiger partial charge in [0.2, 0.25) is 12.4 Å². The second-order valence-electron chi connectivity index (χ2n) is 2.20. The van der Waals surface area contributed by atoms with Crippen LogP contribution in [0.15, 0.2) is 30.6 Å². The summed E-state index contributed by atoms with van der Waals surface area (Å²) in [6, 6.07) is 5.41. The zero-order valence-corrected chi connectivity index (χ0v) is 8.42. The summed E-state index contributed by atoms with van der Waals surface area (Å²) in [5.41, 5.74) is 0. The molecule has 0 saturated carbocycles. The number of rotatable bonds is 1. The summed E-state index contributed by atoms with van der Waals surface area (Å²) >= 11 is 0. The van der Waals surface area contributed by atoms with Crippen LogP contribution in [-0.4, -0.2) is 5.97 Å². The van der Waals surface area contributed by atoms with Crippen LogP contribution >= 0.6 is 0 Å². The number of halogens is 1. The maximum Gasteiger partial charge on any atom is 0.377 e. The van der Waals surface area contributed by atoms with Crippen molar-refractivity contribution in [3.05, 3.63) is 30.6 Å². The van der Waals surface area contributed by atoms with Crippen LogP contribution in [0, 0.1) is 10.2 Å². The largest absolute Gasteiger partial charge is 0.377 e. The van der Waals surface area contributed by atoms with Crippen molar-refractivity contribution in [1.29, 1.82) is 0 Å². The van der Waals surface area contributed by atoms with E-state index in [2.05, 4.69) is 0 Å². The van der Waals surface area contributed by atoms with Crippen LogP contribution in [0.1, 0.15) is 6.92 Å². The molecule has 0 atom stereocenters. The van der Waals surface area contributed by atoms with Gasteiger partial charge >= 0.3 is 5.97 Å². The third kappa shape index (κ3) is 12.8. The molecule has 1 aromatic heterocycles. The van der Waals surface area contributed by atoms with E-state index in [9.17, 15) is 4.79 Å². The molecule has 8 heteroatoms. The Balaban J connectivity index is 0.000000336. The van der Waals surface area contributed by atoms with Crippen LogP contribution in [0.5, 0.6) is 0 Å². The lowest BCUT2D eigenvalue weighted by molar-refractivity contribution is -2.00. The molecule has 0 fully saturated rings. The Labute approximate surface area is 87.5 Å².